The molecule has 1 aromatic carbocycles. The molecule has 0 saturated heterocycles. The summed E-state index contributed by atoms with van der Waals surface area (Å²) in [4.78, 5) is 22.7. The fraction of sp³-hybridized carbons (Fsp3) is 0.462. The second-order valence-electron chi connectivity index (χ2n) is 4.25. The number of amides is 1. The van der Waals surface area contributed by atoms with Gasteiger partial charge in [-0.2, -0.15) is 0 Å². The minimum atomic E-state index is -0.549. The van der Waals surface area contributed by atoms with E-state index in [1.807, 2.05) is 6.92 Å². The third-order valence-corrected chi connectivity index (χ3v) is 2.78. The highest BCUT2D eigenvalue weighted by Crippen LogP contribution is 2.28. The molecule has 110 valence electrons. The lowest BCUT2D eigenvalue weighted by Gasteiger charge is -2.12. The first-order valence-corrected chi connectivity index (χ1v) is 6.33. The molecule has 0 aliphatic heterocycles. The van der Waals surface area contributed by atoms with Gasteiger partial charge in [-0.3, -0.25) is 14.9 Å². The van der Waals surface area contributed by atoms with Crippen LogP contribution in [0.4, 0.5) is 11.4 Å². The van der Waals surface area contributed by atoms with Crippen LogP contribution in [-0.4, -0.2) is 37.1 Å². The summed E-state index contributed by atoms with van der Waals surface area (Å²) in [5.74, 6) is -0.486. The Morgan fingerprint density at radius 3 is 2.75 bits per heavy atom. The lowest BCUT2D eigenvalue weighted by Crippen LogP contribution is -2.32. The van der Waals surface area contributed by atoms with Gasteiger partial charge in [0.05, 0.1) is 11.0 Å². The third-order valence-electron chi connectivity index (χ3n) is 2.78. The second-order valence-corrected chi connectivity index (χ2v) is 4.25. The van der Waals surface area contributed by atoms with Crippen LogP contribution >= 0.6 is 0 Å². The van der Waals surface area contributed by atoms with E-state index in [9.17, 15) is 14.9 Å². The van der Waals surface area contributed by atoms with Crippen LogP contribution < -0.4 is 10.6 Å². The summed E-state index contributed by atoms with van der Waals surface area (Å²) in [6, 6.07) is 4.63. The van der Waals surface area contributed by atoms with Gasteiger partial charge in [0.2, 0.25) is 0 Å². The SMILES string of the molecule is CCNc1cccc(C(=O)NCC(C)OC)c1[N+](=O)[O-]. The molecule has 0 spiro atoms. The van der Waals surface area contributed by atoms with Crippen molar-refractivity contribution in [2.24, 2.45) is 0 Å². The Labute approximate surface area is 117 Å². The Kier molecular flexibility index (Phi) is 5.92. The number of anilines is 1. The van der Waals surface area contributed by atoms with Crippen LogP contribution in [0.5, 0.6) is 0 Å². The van der Waals surface area contributed by atoms with E-state index in [1.54, 1.807) is 19.1 Å². The first-order valence-electron chi connectivity index (χ1n) is 6.33. The molecule has 0 bridgehead atoms. The maximum absolute atomic E-state index is 12.0. The van der Waals surface area contributed by atoms with Gasteiger partial charge in [0.25, 0.3) is 5.91 Å². The Bertz CT molecular complexity index is 491. The van der Waals surface area contributed by atoms with Crippen LogP contribution in [0.2, 0.25) is 0 Å². The molecule has 7 nitrogen and oxygen atoms in total. The molecule has 2 N–H and O–H groups in total. The molecule has 7 heteroatoms. The fourth-order valence-electron chi connectivity index (χ4n) is 1.67. The molecular formula is C13H19N3O4. The highest BCUT2D eigenvalue weighted by Gasteiger charge is 2.24. The number of rotatable bonds is 7. The van der Waals surface area contributed by atoms with Crippen LogP contribution in [0.15, 0.2) is 18.2 Å². The Balaban J connectivity index is 3.01. The van der Waals surface area contributed by atoms with E-state index in [1.165, 1.54) is 13.2 Å². The second kappa shape index (κ2) is 7.44. The highest BCUT2D eigenvalue weighted by atomic mass is 16.6. The van der Waals surface area contributed by atoms with E-state index in [2.05, 4.69) is 10.6 Å². The zero-order chi connectivity index (χ0) is 15.1. The van der Waals surface area contributed by atoms with E-state index in [0.717, 1.165) is 0 Å². The maximum Gasteiger partial charge on any atom is 0.305 e. The highest BCUT2D eigenvalue weighted by molar-refractivity contribution is 6.00. The molecule has 1 aromatic rings. The van der Waals surface area contributed by atoms with Gasteiger partial charge in [0.15, 0.2) is 0 Å². The number of nitro benzene ring substituents is 1. The minimum Gasteiger partial charge on any atom is -0.380 e. The van der Waals surface area contributed by atoms with E-state index < -0.39 is 10.8 Å². The first kappa shape index (κ1) is 15.9. The molecule has 0 saturated carbocycles. The van der Waals surface area contributed by atoms with Crippen molar-refractivity contribution in [1.82, 2.24) is 5.32 Å². The van der Waals surface area contributed by atoms with Gasteiger partial charge in [-0.15, -0.1) is 0 Å². The van der Waals surface area contributed by atoms with Gasteiger partial charge in [0, 0.05) is 20.2 Å². The summed E-state index contributed by atoms with van der Waals surface area (Å²) in [5.41, 5.74) is 0.165. The average molecular weight is 281 g/mol. The quantitative estimate of drug-likeness (QED) is 0.587. The summed E-state index contributed by atoms with van der Waals surface area (Å²) in [6.45, 7) is 4.45. The average Bonchev–Trinajstić information content (AvgIpc) is 2.44. The lowest BCUT2D eigenvalue weighted by atomic mass is 10.1. The number of nitrogens with one attached hydrogen (secondary N) is 2. The largest absolute Gasteiger partial charge is 0.380 e. The van der Waals surface area contributed by atoms with Gasteiger partial charge in [-0.25, -0.2) is 0 Å². The summed E-state index contributed by atoms with van der Waals surface area (Å²) >= 11 is 0. The number of carbonyl (C=O) groups is 1. The van der Waals surface area contributed by atoms with Crippen LogP contribution in [0, 0.1) is 10.1 Å². The van der Waals surface area contributed by atoms with E-state index in [0.29, 0.717) is 12.2 Å². The lowest BCUT2D eigenvalue weighted by molar-refractivity contribution is -0.384. The van der Waals surface area contributed by atoms with Gasteiger partial charge in [0.1, 0.15) is 11.3 Å². The number of hydrogen-bond donors (Lipinski definition) is 2. The van der Waals surface area contributed by atoms with Crippen molar-refractivity contribution in [2.45, 2.75) is 20.0 Å². The van der Waals surface area contributed by atoms with Crippen molar-refractivity contribution in [3.63, 3.8) is 0 Å². The van der Waals surface area contributed by atoms with Gasteiger partial charge in [-0.1, -0.05) is 6.07 Å². The minimum absolute atomic E-state index is 0.0387. The molecule has 20 heavy (non-hydrogen) atoms. The van der Waals surface area contributed by atoms with Crippen LogP contribution in [0.1, 0.15) is 24.2 Å². The number of nitrogens with zero attached hydrogens (tertiary/aromatic N) is 1. The molecular weight excluding hydrogens is 262 g/mol. The number of nitro groups is 1. The topological polar surface area (TPSA) is 93.5 Å². The molecule has 0 radical (unpaired) electrons. The van der Waals surface area contributed by atoms with Crippen molar-refractivity contribution in [1.29, 1.82) is 0 Å². The predicted molar refractivity (Wildman–Crippen MR) is 76.1 cm³/mol. The standard InChI is InChI=1S/C13H19N3O4/c1-4-14-11-7-5-6-10(12(11)16(18)19)13(17)15-8-9(2)20-3/h5-7,9,14H,4,8H2,1-3H3,(H,15,17). The number of hydrogen-bond acceptors (Lipinski definition) is 5. The molecule has 1 amide bonds. The fourth-order valence-corrected chi connectivity index (χ4v) is 1.67. The monoisotopic (exact) mass is 281 g/mol. The van der Waals surface area contributed by atoms with E-state index in [-0.39, 0.29) is 23.9 Å². The molecule has 1 rings (SSSR count). The van der Waals surface area contributed by atoms with E-state index in [4.69, 9.17) is 4.74 Å². The number of methoxy groups -OCH3 is 1. The van der Waals surface area contributed by atoms with Crippen molar-refractivity contribution in [3.05, 3.63) is 33.9 Å². The molecule has 0 heterocycles. The maximum atomic E-state index is 12.0. The summed E-state index contributed by atoms with van der Waals surface area (Å²) in [7, 11) is 1.53. The third kappa shape index (κ3) is 3.92. The zero-order valence-corrected chi connectivity index (χ0v) is 11.8. The normalized spacial score (nSPS) is 11.8. The molecule has 0 aromatic heterocycles. The van der Waals surface area contributed by atoms with Crippen molar-refractivity contribution < 1.29 is 14.5 Å². The van der Waals surface area contributed by atoms with Gasteiger partial charge < -0.3 is 15.4 Å². The molecule has 1 unspecified atom stereocenters. The van der Waals surface area contributed by atoms with Crippen molar-refractivity contribution in [3.8, 4) is 0 Å². The zero-order valence-electron chi connectivity index (χ0n) is 11.8. The Hall–Kier alpha value is -2.15. The molecule has 0 fully saturated rings. The molecule has 0 aliphatic carbocycles. The number of benzene rings is 1. The predicted octanol–water partition coefficient (Wildman–Crippen LogP) is 1.79. The molecule has 0 aliphatic rings. The Morgan fingerprint density at radius 1 is 1.50 bits per heavy atom. The summed E-state index contributed by atoms with van der Waals surface area (Å²) in [5, 5.41) is 16.7. The van der Waals surface area contributed by atoms with Crippen molar-refractivity contribution in [2.75, 3.05) is 25.5 Å². The summed E-state index contributed by atoms with van der Waals surface area (Å²) < 4.78 is 5.02. The number of ether oxygens (including phenoxy) is 1. The van der Waals surface area contributed by atoms with Crippen LogP contribution in [-0.2, 0) is 4.74 Å². The van der Waals surface area contributed by atoms with E-state index >= 15 is 0 Å². The smallest absolute Gasteiger partial charge is 0.305 e. The van der Waals surface area contributed by atoms with Crippen molar-refractivity contribution >= 4 is 17.3 Å². The first-order chi connectivity index (χ1) is 9.51. The number of carbonyl (C=O) groups excluding carboxylic acids is 1. The van der Waals surface area contributed by atoms with Gasteiger partial charge in [-0.05, 0) is 26.0 Å². The molecule has 1 atom stereocenters. The summed E-state index contributed by atoms with van der Waals surface area (Å²) in [6.07, 6.45) is -0.157. The Morgan fingerprint density at radius 2 is 2.20 bits per heavy atom. The van der Waals surface area contributed by atoms with Crippen LogP contribution in [0.25, 0.3) is 0 Å². The van der Waals surface area contributed by atoms with Crippen LogP contribution in [0.3, 0.4) is 0 Å². The van der Waals surface area contributed by atoms with Gasteiger partial charge >= 0.3 is 5.69 Å². The number of para-hydroxylation sites is 1.